The second-order valence-electron chi connectivity index (χ2n) is 1.76. The topological polar surface area (TPSA) is 9.23 Å². The van der Waals surface area contributed by atoms with Crippen molar-refractivity contribution in [1.82, 2.24) is 0 Å². The van der Waals surface area contributed by atoms with Crippen molar-refractivity contribution in [2.24, 2.45) is 0 Å². The van der Waals surface area contributed by atoms with Gasteiger partial charge in [0.2, 0.25) is 0 Å². The van der Waals surface area contributed by atoms with Crippen LogP contribution in [0.5, 0.6) is 5.75 Å². The summed E-state index contributed by atoms with van der Waals surface area (Å²) >= 11 is 1.55. The van der Waals surface area contributed by atoms with Crippen molar-refractivity contribution in [3.05, 3.63) is 30.3 Å². The SMILES string of the molecule is CS[B]Oc1ccccc1. The fourth-order valence-corrected chi connectivity index (χ4v) is 0.810. The van der Waals surface area contributed by atoms with E-state index in [0.717, 1.165) is 5.75 Å². The van der Waals surface area contributed by atoms with Gasteiger partial charge in [0.1, 0.15) is 0 Å². The summed E-state index contributed by atoms with van der Waals surface area (Å²) in [4.78, 5) is 0. The van der Waals surface area contributed by atoms with Gasteiger partial charge in [-0.3, -0.25) is 0 Å². The molecule has 0 aliphatic carbocycles. The highest BCUT2D eigenvalue weighted by molar-refractivity contribution is 8.21. The van der Waals surface area contributed by atoms with Gasteiger partial charge in [-0.1, -0.05) is 18.2 Å². The molecule has 3 heteroatoms. The van der Waals surface area contributed by atoms with E-state index in [-0.39, 0.29) is 0 Å². The maximum atomic E-state index is 5.19. The molecule has 0 saturated carbocycles. The molecule has 0 saturated heterocycles. The Bertz CT molecular complexity index is 178. The van der Waals surface area contributed by atoms with E-state index in [4.69, 9.17) is 4.65 Å². The maximum absolute atomic E-state index is 5.19. The summed E-state index contributed by atoms with van der Waals surface area (Å²) < 4.78 is 5.19. The molecule has 0 atom stereocenters. The highest BCUT2D eigenvalue weighted by Crippen LogP contribution is 2.08. The first-order valence-electron chi connectivity index (χ1n) is 2.99. The summed E-state index contributed by atoms with van der Waals surface area (Å²) in [5, 5.41) is 0. The molecule has 51 valence electrons. The van der Waals surface area contributed by atoms with Gasteiger partial charge in [0.05, 0.1) is 5.75 Å². The monoisotopic (exact) mass is 151 g/mol. The molecule has 1 nitrogen and oxygen atoms in total. The van der Waals surface area contributed by atoms with Gasteiger partial charge in [0.15, 0.2) is 0 Å². The van der Waals surface area contributed by atoms with Crippen LogP contribution in [-0.2, 0) is 0 Å². The zero-order valence-corrected chi connectivity index (χ0v) is 6.60. The van der Waals surface area contributed by atoms with E-state index < -0.39 is 0 Å². The van der Waals surface area contributed by atoms with Crippen LogP contribution in [0, 0.1) is 0 Å². The maximum Gasteiger partial charge on any atom is 0.451 e. The Morgan fingerprint density at radius 1 is 1.30 bits per heavy atom. The van der Waals surface area contributed by atoms with Gasteiger partial charge < -0.3 is 4.65 Å². The summed E-state index contributed by atoms with van der Waals surface area (Å²) in [7, 11) is 0. The molecule has 1 aromatic carbocycles. The average Bonchev–Trinajstić information content (AvgIpc) is 2.03. The Kier molecular flexibility index (Phi) is 3.23. The minimum absolute atomic E-state index is 0.886. The second-order valence-corrected chi connectivity index (χ2v) is 2.43. The zero-order valence-electron chi connectivity index (χ0n) is 5.78. The van der Waals surface area contributed by atoms with Crippen LogP contribution in [-0.4, -0.2) is 13.0 Å². The van der Waals surface area contributed by atoms with Crippen LogP contribution in [0.1, 0.15) is 0 Å². The van der Waals surface area contributed by atoms with Gasteiger partial charge in [-0.05, 0) is 18.4 Å². The van der Waals surface area contributed by atoms with Gasteiger partial charge in [0.25, 0.3) is 0 Å². The third-order valence-corrected chi connectivity index (χ3v) is 1.31. The first-order valence-corrected chi connectivity index (χ1v) is 4.28. The fraction of sp³-hybridized carbons (Fsp3) is 0.143. The highest BCUT2D eigenvalue weighted by atomic mass is 32.2. The molecule has 1 radical (unpaired) electrons. The van der Waals surface area contributed by atoms with Gasteiger partial charge in [-0.25, -0.2) is 0 Å². The molecule has 0 amide bonds. The third kappa shape index (κ3) is 2.35. The molecule has 0 aliphatic rings. The normalized spacial score (nSPS) is 8.90. The van der Waals surface area contributed by atoms with Crippen molar-refractivity contribution in [2.45, 2.75) is 0 Å². The van der Waals surface area contributed by atoms with E-state index in [9.17, 15) is 0 Å². The highest BCUT2D eigenvalue weighted by Gasteiger charge is 1.90. The molecule has 0 spiro atoms. The number of hydrogen-bond acceptors (Lipinski definition) is 2. The Morgan fingerprint density at radius 2 is 2.00 bits per heavy atom. The molecule has 0 unspecified atom stereocenters. The molecule has 0 heterocycles. The van der Waals surface area contributed by atoms with E-state index >= 15 is 0 Å². The minimum Gasteiger partial charge on any atom is -0.552 e. The van der Waals surface area contributed by atoms with Gasteiger partial charge in [-0.2, -0.15) is 11.6 Å². The average molecular weight is 151 g/mol. The molecule has 10 heavy (non-hydrogen) atoms. The smallest absolute Gasteiger partial charge is 0.451 e. The molecular formula is C7H8BOS. The Balaban J connectivity index is 2.43. The van der Waals surface area contributed by atoms with Crippen LogP contribution in [0.3, 0.4) is 0 Å². The largest absolute Gasteiger partial charge is 0.552 e. The van der Waals surface area contributed by atoms with E-state index in [1.54, 1.807) is 18.4 Å². The molecule has 1 aromatic rings. The number of para-hydroxylation sites is 1. The van der Waals surface area contributed by atoms with Gasteiger partial charge >= 0.3 is 6.76 Å². The van der Waals surface area contributed by atoms with Crippen LogP contribution < -0.4 is 4.65 Å². The van der Waals surface area contributed by atoms with E-state index in [1.165, 1.54) is 0 Å². The molecule has 0 aliphatic heterocycles. The molecule has 0 N–H and O–H groups in total. The first kappa shape index (κ1) is 7.54. The lowest BCUT2D eigenvalue weighted by Crippen LogP contribution is -1.95. The Morgan fingerprint density at radius 3 is 2.60 bits per heavy atom. The quantitative estimate of drug-likeness (QED) is 0.610. The van der Waals surface area contributed by atoms with Crippen LogP contribution in [0.15, 0.2) is 30.3 Å². The van der Waals surface area contributed by atoms with Crippen molar-refractivity contribution in [1.29, 1.82) is 0 Å². The van der Waals surface area contributed by atoms with Gasteiger partial charge in [0, 0.05) is 0 Å². The van der Waals surface area contributed by atoms with Crippen molar-refractivity contribution >= 4 is 18.4 Å². The van der Waals surface area contributed by atoms with Crippen molar-refractivity contribution in [3.8, 4) is 5.75 Å². The summed E-state index contributed by atoms with van der Waals surface area (Å²) in [5.74, 6) is 0.886. The predicted octanol–water partition coefficient (Wildman–Crippen LogP) is 1.96. The number of hydrogen-bond donors (Lipinski definition) is 0. The van der Waals surface area contributed by atoms with Crippen molar-refractivity contribution in [3.63, 3.8) is 0 Å². The molecule has 0 fully saturated rings. The fourth-order valence-electron chi connectivity index (χ4n) is 0.603. The van der Waals surface area contributed by atoms with E-state index in [2.05, 4.69) is 0 Å². The summed E-state index contributed by atoms with van der Waals surface area (Å²) in [6.45, 7) is 1.70. The predicted molar refractivity (Wildman–Crippen MR) is 46.3 cm³/mol. The summed E-state index contributed by atoms with van der Waals surface area (Å²) in [6.07, 6.45) is 1.96. The lowest BCUT2D eigenvalue weighted by Gasteiger charge is -2.00. The van der Waals surface area contributed by atoms with Gasteiger partial charge in [-0.15, -0.1) is 0 Å². The molecule has 0 bridgehead atoms. The number of benzene rings is 1. The first-order chi connectivity index (χ1) is 4.93. The lowest BCUT2D eigenvalue weighted by molar-refractivity contribution is 0.611. The molecular weight excluding hydrogens is 143 g/mol. The summed E-state index contributed by atoms with van der Waals surface area (Å²) in [5.41, 5.74) is 0. The number of rotatable bonds is 3. The van der Waals surface area contributed by atoms with Crippen LogP contribution >= 0.6 is 11.6 Å². The zero-order chi connectivity index (χ0) is 7.23. The van der Waals surface area contributed by atoms with E-state index in [1.807, 2.05) is 36.6 Å². The van der Waals surface area contributed by atoms with E-state index in [0.29, 0.717) is 0 Å². The Labute approximate surface area is 66.0 Å². The van der Waals surface area contributed by atoms with Crippen molar-refractivity contribution < 1.29 is 4.65 Å². The molecule has 0 aromatic heterocycles. The third-order valence-electron chi connectivity index (χ3n) is 1.02. The summed E-state index contributed by atoms with van der Waals surface area (Å²) in [6, 6.07) is 9.71. The lowest BCUT2D eigenvalue weighted by atomic mass is 10.3. The van der Waals surface area contributed by atoms with Crippen molar-refractivity contribution in [2.75, 3.05) is 6.26 Å². The van der Waals surface area contributed by atoms with Crippen LogP contribution in [0.2, 0.25) is 0 Å². The second kappa shape index (κ2) is 4.28. The molecule has 1 rings (SSSR count). The van der Waals surface area contributed by atoms with Crippen LogP contribution in [0.4, 0.5) is 0 Å². The minimum atomic E-state index is 0.886. The Hall–Kier alpha value is -0.565. The van der Waals surface area contributed by atoms with Crippen LogP contribution in [0.25, 0.3) is 0 Å². The standard InChI is InChI=1S/C7H8BOS/c1-10-8-9-7-5-3-2-4-6-7/h2-6H,1H3.